The third kappa shape index (κ3) is 0.406. The monoisotopic (exact) mass is 110 g/mol. The number of epoxide rings is 1. The van der Waals surface area contributed by atoms with Crippen LogP contribution >= 0.6 is 0 Å². The molecule has 2 aliphatic rings. The summed E-state index contributed by atoms with van der Waals surface area (Å²) in [5.41, 5.74) is 0. The highest BCUT2D eigenvalue weighted by atomic mass is 16.6. The molecule has 0 aromatic rings. The fourth-order valence-electron chi connectivity index (χ4n) is 0.867. The van der Waals surface area contributed by atoms with Crippen molar-refractivity contribution < 1.29 is 9.84 Å². The maximum Gasteiger partial charge on any atom is 0.145 e. The summed E-state index contributed by atoms with van der Waals surface area (Å²) < 4.78 is 4.98. The fraction of sp³-hybridized carbons (Fsp3) is 0.333. The van der Waals surface area contributed by atoms with Gasteiger partial charge < -0.3 is 9.84 Å². The van der Waals surface area contributed by atoms with Crippen molar-refractivity contribution in [2.24, 2.45) is 0 Å². The summed E-state index contributed by atoms with van der Waals surface area (Å²) >= 11 is 0. The maximum absolute atomic E-state index is 8.90. The predicted octanol–water partition coefficient (Wildman–Crippen LogP) is 0.765. The zero-order valence-corrected chi connectivity index (χ0v) is 4.24. The maximum atomic E-state index is 8.90. The first kappa shape index (κ1) is 4.15. The number of allylic oxidation sites excluding steroid dienone is 2. The Morgan fingerprint density at radius 2 is 2.50 bits per heavy atom. The second kappa shape index (κ2) is 1.14. The molecule has 42 valence electrons. The third-order valence-electron chi connectivity index (χ3n) is 1.38. The van der Waals surface area contributed by atoms with Gasteiger partial charge in [-0.15, -0.1) is 0 Å². The smallest absolute Gasteiger partial charge is 0.145 e. The first-order valence-electron chi connectivity index (χ1n) is 2.61. The van der Waals surface area contributed by atoms with E-state index in [1.54, 1.807) is 6.08 Å². The van der Waals surface area contributed by atoms with E-state index in [0.29, 0.717) is 5.76 Å². The molecule has 2 nitrogen and oxygen atoms in total. The molecule has 0 amide bonds. The third-order valence-corrected chi connectivity index (χ3v) is 1.38. The number of fused-ring (bicyclic) bond motifs is 1. The molecular formula is C6H6O2. The van der Waals surface area contributed by atoms with Crippen molar-refractivity contribution in [2.45, 2.75) is 12.2 Å². The zero-order chi connectivity index (χ0) is 5.56. The van der Waals surface area contributed by atoms with Gasteiger partial charge in [0.05, 0.1) is 0 Å². The number of hydrogen-bond donors (Lipinski definition) is 1. The summed E-state index contributed by atoms with van der Waals surface area (Å²) in [5.74, 6) is 0.359. The Morgan fingerprint density at radius 3 is 3.12 bits per heavy atom. The molecule has 2 atom stereocenters. The van der Waals surface area contributed by atoms with Crippen molar-refractivity contribution in [2.75, 3.05) is 0 Å². The molecule has 1 heterocycles. The van der Waals surface area contributed by atoms with Crippen LogP contribution in [0.5, 0.6) is 0 Å². The molecule has 2 unspecified atom stereocenters. The molecule has 0 aromatic heterocycles. The van der Waals surface area contributed by atoms with Crippen LogP contribution < -0.4 is 0 Å². The average Bonchev–Trinajstić information content (AvgIpc) is 2.45. The van der Waals surface area contributed by atoms with E-state index < -0.39 is 0 Å². The molecule has 1 aliphatic carbocycles. The van der Waals surface area contributed by atoms with Crippen LogP contribution in [0, 0.1) is 0 Å². The van der Waals surface area contributed by atoms with E-state index in [0.717, 1.165) is 0 Å². The Bertz CT molecular complexity index is 169. The molecular weight excluding hydrogens is 104 g/mol. The van der Waals surface area contributed by atoms with E-state index in [1.165, 1.54) is 0 Å². The van der Waals surface area contributed by atoms with Gasteiger partial charge in [0.2, 0.25) is 0 Å². The lowest BCUT2D eigenvalue weighted by Gasteiger charge is -1.92. The Hall–Kier alpha value is -0.760. The van der Waals surface area contributed by atoms with Crippen LogP contribution in [0.25, 0.3) is 0 Å². The van der Waals surface area contributed by atoms with Gasteiger partial charge in [-0.05, 0) is 6.08 Å². The summed E-state index contributed by atoms with van der Waals surface area (Å²) in [7, 11) is 0. The molecule has 0 spiro atoms. The van der Waals surface area contributed by atoms with Crippen LogP contribution in [0.15, 0.2) is 24.0 Å². The van der Waals surface area contributed by atoms with Gasteiger partial charge in [-0.1, -0.05) is 12.2 Å². The molecule has 0 aromatic carbocycles. The van der Waals surface area contributed by atoms with Gasteiger partial charge in [-0.3, -0.25) is 0 Å². The summed E-state index contributed by atoms with van der Waals surface area (Å²) in [6.45, 7) is 0. The second-order valence-electron chi connectivity index (χ2n) is 2.00. The number of aliphatic hydroxyl groups excluding tert-OH is 1. The molecule has 0 bridgehead atoms. The molecule has 8 heavy (non-hydrogen) atoms. The van der Waals surface area contributed by atoms with E-state index in [9.17, 15) is 0 Å². The molecule has 1 N–H and O–H groups in total. The van der Waals surface area contributed by atoms with Crippen LogP contribution in [0.3, 0.4) is 0 Å². The average molecular weight is 110 g/mol. The van der Waals surface area contributed by atoms with E-state index in [1.807, 2.05) is 12.2 Å². The first-order chi connectivity index (χ1) is 3.88. The van der Waals surface area contributed by atoms with Crippen LogP contribution in [0.1, 0.15) is 0 Å². The zero-order valence-electron chi connectivity index (χ0n) is 4.24. The van der Waals surface area contributed by atoms with Crippen LogP contribution in [0.2, 0.25) is 0 Å². The van der Waals surface area contributed by atoms with Crippen molar-refractivity contribution in [3.63, 3.8) is 0 Å². The Balaban J connectivity index is 2.30. The van der Waals surface area contributed by atoms with Crippen molar-refractivity contribution in [3.05, 3.63) is 24.0 Å². The summed E-state index contributed by atoms with van der Waals surface area (Å²) in [6.07, 6.45) is 5.59. The normalized spacial score (nSPS) is 40.8. The summed E-state index contributed by atoms with van der Waals surface area (Å²) in [4.78, 5) is 0. The topological polar surface area (TPSA) is 32.8 Å². The molecule has 2 heteroatoms. The van der Waals surface area contributed by atoms with Crippen LogP contribution in [0.4, 0.5) is 0 Å². The van der Waals surface area contributed by atoms with Gasteiger partial charge in [0.15, 0.2) is 0 Å². The van der Waals surface area contributed by atoms with Gasteiger partial charge in [-0.2, -0.15) is 0 Å². The van der Waals surface area contributed by atoms with Gasteiger partial charge in [0, 0.05) is 0 Å². The minimum atomic E-state index is -0.000000000000000222. The van der Waals surface area contributed by atoms with E-state index >= 15 is 0 Å². The summed E-state index contributed by atoms with van der Waals surface area (Å²) in [6, 6.07) is 0. The minimum absolute atomic E-state index is 0.000000000000000222. The highest BCUT2D eigenvalue weighted by Gasteiger charge is 2.41. The van der Waals surface area contributed by atoms with E-state index in [4.69, 9.17) is 9.84 Å². The van der Waals surface area contributed by atoms with Crippen molar-refractivity contribution in [3.8, 4) is 0 Å². The first-order valence-corrected chi connectivity index (χ1v) is 2.61. The lowest BCUT2D eigenvalue weighted by molar-refractivity contribution is 0.323. The van der Waals surface area contributed by atoms with Gasteiger partial charge in [0.1, 0.15) is 18.0 Å². The highest BCUT2D eigenvalue weighted by molar-refractivity contribution is 5.26. The number of rotatable bonds is 0. The van der Waals surface area contributed by atoms with Gasteiger partial charge >= 0.3 is 0 Å². The minimum Gasteiger partial charge on any atom is -0.509 e. The lowest BCUT2D eigenvalue weighted by atomic mass is 10.2. The SMILES string of the molecule is OC1=CC=CC2OC12. The van der Waals surface area contributed by atoms with Crippen molar-refractivity contribution >= 4 is 0 Å². The number of aliphatic hydroxyl groups is 1. The largest absolute Gasteiger partial charge is 0.509 e. The lowest BCUT2D eigenvalue weighted by Crippen LogP contribution is -1.97. The van der Waals surface area contributed by atoms with Crippen LogP contribution in [-0.4, -0.2) is 17.3 Å². The standard InChI is InChI=1S/C6H6O2/c7-4-2-1-3-5-6(4)8-5/h1-3,5-7H. The van der Waals surface area contributed by atoms with E-state index in [-0.39, 0.29) is 12.2 Å². The predicted molar refractivity (Wildman–Crippen MR) is 28.5 cm³/mol. The van der Waals surface area contributed by atoms with Crippen LogP contribution in [-0.2, 0) is 4.74 Å². The highest BCUT2D eigenvalue weighted by Crippen LogP contribution is 2.31. The molecule has 1 saturated heterocycles. The molecule has 1 aliphatic heterocycles. The Kier molecular flexibility index (Phi) is 0.594. The van der Waals surface area contributed by atoms with Crippen molar-refractivity contribution in [1.29, 1.82) is 0 Å². The Morgan fingerprint density at radius 1 is 1.62 bits per heavy atom. The molecule has 0 radical (unpaired) electrons. The van der Waals surface area contributed by atoms with Gasteiger partial charge in [-0.25, -0.2) is 0 Å². The molecule has 2 rings (SSSR count). The van der Waals surface area contributed by atoms with Gasteiger partial charge in [0.25, 0.3) is 0 Å². The summed E-state index contributed by atoms with van der Waals surface area (Å²) in [5, 5.41) is 8.90. The molecule has 1 fully saturated rings. The number of ether oxygens (including phenoxy) is 1. The Labute approximate surface area is 47.1 Å². The second-order valence-corrected chi connectivity index (χ2v) is 2.00. The van der Waals surface area contributed by atoms with E-state index in [2.05, 4.69) is 0 Å². The number of hydrogen-bond acceptors (Lipinski definition) is 2. The quantitative estimate of drug-likeness (QED) is 0.467. The van der Waals surface area contributed by atoms with Crippen molar-refractivity contribution in [1.82, 2.24) is 0 Å². The fourth-order valence-corrected chi connectivity index (χ4v) is 0.867. The molecule has 0 saturated carbocycles.